The molecule has 26 heavy (non-hydrogen) atoms. The van der Waals surface area contributed by atoms with Gasteiger partial charge in [0.25, 0.3) is 0 Å². The van der Waals surface area contributed by atoms with Gasteiger partial charge in [-0.15, -0.1) is 0 Å². The first-order chi connectivity index (χ1) is 12.4. The van der Waals surface area contributed by atoms with Gasteiger partial charge in [0.2, 0.25) is 0 Å². The summed E-state index contributed by atoms with van der Waals surface area (Å²) >= 11 is 0. The normalized spacial score (nSPS) is 11.8. The second kappa shape index (κ2) is 8.66. The maximum atomic E-state index is 13.5. The third-order valence-electron chi connectivity index (χ3n) is 3.13. The number of nitrogens with two attached hydrogens (primary N) is 1. The predicted octanol–water partition coefficient (Wildman–Crippen LogP) is 3.13. The van der Waals surface area contributed by atoms with Gasteiger partial charge in [-0.1, -0.05) is 12.1 Å². The fourth-order valence-corrected chi connectivity index (χ4v) is 2.02. The molecule has 0 fully saturated rings. The zero-order valence-corrected chi connectivity index (χ0v) is 14.4. The number of aromatic nitrogens is 1. The van der Waals surface area contributed by atoms with Crippen LogP contribution in [0.2, 0.25) is 0 Å². The van der Waals surface area contributed by atoms with E-state index < -0.39 is 17.4 Å². The molecule has 2 rings (SSSR count). The van der Waals surface area contributed by atoms with Crippen molar-refractivity contribution < 1.29 is 13.9 Å². The van der Waals surface area contributed by atoms with E-state index in [2.05, 4.69) is 9.98 Å². The third kappa shape index (κ3) is 5.34. The smallest absolute Gasteiger partial charge is 0.300 e. The van der Waals surface area contributed by atoms with Crippen LogP contribution in [-0.4, -0.2) is 28.5 Å². The van der Waals surface area contributed by atoms with E-state index in [9.17, 15) is 9.18 Å². The van der Waals surface area contributed by atoms with Crippen LogP contribution >= 0.6 is 0 Å². The van der Waals surface area contributed by atoms with Crippen LogP contribution in [0.25, 0.3) is 0 Å². The van der Waals surface area contributed by atoms with Crippen LogP contribution < -0.4 is 10.5 Å². The van der Waals surface area contributed by atoms with Gasteiger partial charge >= 0.3 is 5.91 Å². The largest absolute Gasteiger partial charge is 0.491 e. The van der Waals surface area contributed by atoms with Crippen molar-refractivity contribution in [3.05, 3.63) is 71.8 Å². The molecule has 6 nitrogen and oxygen atoms in total. The Balaban J connectivity index is 2.10. The summed E-state index contributed by atoms with van der Waals surface area (Å²) in [5.41, 5.74) is 6.03. The molecule has 0 bridgehead atoms. The first-order valence-electron chi connectivity index (χ1n) is 7.89. The van der Waals surface area contributed by atoms with Crippen molar-refractivity contribution in [3.8, 4) is 5.75 Å². The number of amidine groups is 1. The summed E-state index contributed by atoms with van der Waals surface area (Å²) in [7, 11) is 0. The molecular weight excluding hydrogens is 335 g/mol. The molecule has 1 aromatic heterocycles. The Morgan fingerprint density at radius 1 is 1.31 bits per heavy atom. The first kappa shape index (κ1) is 19.0. The lowest BCUT2D eigenvalue weighted by Crippen LogP contribution is -2.13. The van der Waals surface area contributed by atoms with Crippen LogP contribution in [0, 0.1) is 11.2 Å². The molecule has 0 radical (unpaired) electrons. The number of carbonyl (C=O) groups is 1. The Hall–Kier alpha value is -3.35. The predicted molar refractivity (Wildman–Crippen MR) is 98.3 cm³/mol. The van der Waals surface area contributed by atoms with Gasteiger partial charge in [0.15, 0.2) is 11.5 Å². The Labute approximate surface area is 150 Å². The maximum Gasteiger partial charge on any atom is 0.300 e. The average molecular weight is 354 g/mol. The molecule has 0 spiro atoms. The van der Waals surface area contributed by atoms with Gasteiger partial charge in [-0.05, 0) is 50.3 Å². The van der Waals surface area contributed by atoms with E-state index in [0.29, 0.717) is 11.3 Å². The van der Waals surface area contributed by atoms with Crippen LogP contribution in [0.5, 0.6) is 5.75 Å². The van der Waals surface area contributed by atoms with E-state index in [-0.39, 0.29) is 17.7 Å². The number of hydrogen-bond acceptors (Lipinski definition) is 4. The number of allylic oxidation sites excluding steroid dienone is 1. The Bertz CT molecular complexity index is 875. The Kier molecular flexibility index (Phi) is 6.32. The molecule has 7 heteroatoms. The minimum Gasteiger partial charge on any atom is -0.491 e. The van der Waals surface area contributed by atoms with Crippen molar-refractivity contribution in [2.24, 2.45) is 10.7 Å². The van der Waals surface area contributed by atoms with Gasteiger partial charge in [0.05, 0.1) is 11.8 Å². The summed E-state index contributed by atoms with van der Waals surface area (Å²) in [6.07, 6.45) is 4.02. The first-order valence-corrected chi connectivity index (χ1v) is 7.89. The molecule has 1 amide bonds. The summed E-state index contributed by atoms with van der Waals surface area (Å²) in [5, 5.41) is 8.07. The van der Waals surface area contributed by atoms with E-state index in [1.807, 2.05) is 13.8 Å². The van der Waals surface area contributed by atoms with E-state index in [1.165, 1.54) is 24.4 Å². The van der Waals surface area contributed by atoms with Gasteiger partial charge in [0.1, 0.15) is 11.6 Å². The molecule has 2 aromatic rings. The zero-order valence-electron chi connectivity index (χ0n) is 14.4. The summed E-state index contributed by atoms with van der Waals surface area (Å²) < 4.78 is 19.1. The average Bonchev–Trinajstić information content (AvgIpc) is 2.59. The molecule has 0 unspecified atom stereocenters. The van der Waals surface area contributed by atoms with Crippen LogP contribution in [0.1, 0.15) is 29.9 Å². The summed E-state index contributed by atoms with van der Waals surface area (Å²) in [6, 6.07) is 9.55. The Morgan fingerprint density at radius 2 is 2.08 bits per heavy atom. The molecule has 0 saturated carbocycles. The van der Waals surface area contributed by atoms with Gasteiger partial charge in [-0.2, -0.15) is 4.99 Å². The highest BCUT2D eigenvalue weighted by Gasteiger charge is 2.11. The third-order valence-corrected chi connectivity index (χ3v) is 3.13. The van der Waals surface area contributed by atoms with E-state index in [0.717, 1.165) is 6.07 Å². The van der Waals surface area contributed by atoms with Gasteiger partial charge in [0, 0.05) is 11.8 Å². The molecule has 0 aliphatic carbocycles. The SMILES string of the molecule is CC(C)Oc1cccc(C(=N)/C=C\C(N)=NC(=O)c2ncccc2F)c1. The van der Waals surface area contributed by atoms with Crippen LogP contribution in [-0.2, 0) is 0 Å². The lowest BCUT2D eigenvalue weighted by molar-refractivity contribution is 0.0994. The molecule has 134 valence electrons. The number of halogens is 1. The van der Waals surface area contributed by atoms with Gasteiger partial charge in [-0.3, -0.25) is 4.79 Å². The van der Waals surface area contributed by atoms with Crippen molar-refractivity contribution >= 4 is 17.5 Å². The van der Waals surface area contributed by atoms with Gasteiger partial charge < -0.3 is 15.9 Å². The fraction of sp³-hybridized carbons (Fsp3) is 0.158. The highest BCUT2D eigenvalue weighted by molar-refractivity contribution is 6.12. The number of nitrogens with zero attached hydrogens (tertiary/aromatic N) is 2. The van der Waals surface area contributed by atoms with Crippen molar-refractivity contribution in [3.63, 3.8) is 0 Å². The van der Waals surface area contributed by atoms with Crippen LogP contribution in [0.4, 0.5) is 4.39 Å². The van der Waals surface area contributed by atoms with Crippen molar-refractivity contribution in [1.29, 1.82) is 5.41 Å². The second-order valence-corrected chi connectivity index (χ2v) is 5.62. The van der Waals surface area contributed by atoms with Crippen molar-refractivity contribution in [1.82, 2.24) is 4.98 Å². The molecule has 0 aliphatic rings. The number of aliphatic imine (C=N–C) groups is 1. The lowest BCUT2D eigenvalue weighted by atomic mass is 10.1. The summed E-state index contributed by atoms with van der Waals surface area (Å²) in [4.78, 5) is 19.1. The number of pyridine rings is 1. The minimum absolute atomic E-state index is 0.0238. The number of ether oxygens (including phenoxy) is 1. The maximum absolute atomic E-state index is 13.5. The molecule has 0 atom stereocenters. The van der Waals surface area contributed by atoms with Crippen molar-refractivity contribution in [2.45, 2.75) is 20.0 Å². The lowest BCUT2D eigenvalue weighted by Gasteiger charge is -2.10. The molecule has 3 N–H and O–H groups in total. The quantitative estimate of drug-likeness (QED) is 0.614. The molecular formula is C19H19FN4O2. The van der Waals surface area contributed by atoms with Crippen LogP contribution in [0.3, 0.4) is 0 Å². The van der Waals surface area contributed by atoms with E-state index in [1.54, 1.807) is 24.3 Å². The highest BCUT2D eigenvalue weighted by atomic mass is 19.1. The van der Waals surface area contributed by atoms with Crippen molar-refractivity contribution in [2.75, 3.05) is 0 Å². The monoisotopic (exact) mass is 354 g/mol. The molecule has 0 saturated heterocycles. The fourth-order valence-electron chi connectivity index (χ4n) is 2.02. The summed E-state index contributed by atoms with van der Waals surface area (Å²) in [6.45, 7) is 3.83. The highest BCUT2D eigenvalue weighted by Crippen LogP contribution is 2.15. The molecule has 0 aliphatic heterocycles. The number of carbonyl (C=O) groups excluding carboxylic acids is 1. The minimum atomic E-state index is -0.885. The number of nitrogens with one attached hydrogen (secondary N) is 1. The van der Waals surface area contributed by atoms with Crippen LogP contribution in [0.15, 0.2) is 59.7 Å². The van der Waals surface area contributed by atoms with E-state index in [4.69, 9.17) is 15.9 Å². The standard InChI is InChI=1S/C19H19FN4O2/c1-12(2)26-14-6-3-5-13(11-14)16(21)8-9-17(22)24-19(25)18-15(20)7-4-10-23-18/h3-12,21H,1-2H3,(H2,22,24,25)/b9-8-,21-16?. The van der Waals surface area contributed by atoms with E-state index >= 15 is 0 Å². The topological polar surface area (TPSA) is 101 Å². The number of amides is 1. The molecule has 1 aromatic carbocycles. The second-order valence-electron chi connectivity index (χ2n) is 5.62. The summed E-state index contributed by atoms with van der Waals surface area (Å²) in [5.74, 6) is -1.16. The Morgan fingerprint density at radius 3 is 2.77 bits per heavy atom. The number of rotatable bonds is 6. The zero-order chi connectivity index (χ0) is 19.1. The molecule has 1 heterocycles. The number of hydrogen-bond donors (Lipinski definition) is 2. The number of benzene rings is 1. The van der Waals surface area contributed by atoms with Gasteiger partial charge in [-0.25, -0.2) is 9.37 Å².